The van der Waals surface area contributed by atoms with Gasteiger partial charge in [-0.2, -0.15) is 0 Å². The highest BCUT2D eigenvalue weighted by Crippen LogP contribution is 2.36. The van der Waals surface area contributed by atoms with Crippen LogP contribution in [0.4, 0.5) is 5.69 Å². The molecular weight excluding hydrogens is 268 g/mol. The number of benzene rings is 2. The number of amides is 1. The Labute approximate surface area is 122 Å². The smallest absolute Gasteiger partial charge is 0.276 e. The molecular formula is C16H16N2O3. The van der Waals surface area contributed by atoms with Crippen molar-refractivity contribution < 1.29 is 9.72 Å². The Morgan fingerprint density at radius 3 is 2.29 bits per heavy atom. The first-order chi connectivity index (χ1) is 9.84. The molecule has 0 atom stereocenters. The molecule has 0 spiro atoms. The minimum atomic E-state index is -0.550. The zero-order chi connectivity index (χ0) is 15.7. The molecule has 0 bridgehead atoms. The van der Waals surface area contributed by atoms with Crippen molar-refractivity contribution in [3.8, 4) is 11.1 Å². The van der Waals surface area contributed by atoms with Crippen LogP contribution in [-0.2, 0) is 0 Å². The first-order valence-electron chi connectivity index (χ1n) is 6.49. The molecule has 5 nitrogen and oxygen atoms in total. The molecule has 21 heavy (non-hydrogen) atoms. The summed E-state index contributed by atoms with van der Waals surface area (Å²) in [6.45, 7) is 5.24. The molecule has 0 saturated heterocycles. The van der Waals surface area contributed by atoms with Crippen LogP contribution in [0.2, 0.25) is 0 Å². The first kappa shape index (κ1) is 14.7. The van der Waals surface area contributed by atoms with Gasteiger partial charge in [0.25, 0.3) is 5.69 Å². The molecule has 0 aromatic heterocycles. The number of primary amides is 1. The molecule has 2 aromatic rings. The van der Waals surface area contributed by atoms with Gasteiger partial charge in [0.2, 0.25) is 5.91 Å². The normalized spacial score (nSPS) is 10.4. The van der Waals surface area contributed by atoms with Crippen molar-refractivity contribution in [1.82, 2.24) is 0 Å². The van der Waals surface area contributed by atoms with E-state index < -0.39 is 5.91 Å². The number of nitro groups is 1. The molecule has 0 radical (unpaired) electrons. The maximum atomic E-state index is 11.6. The van der Waals surface area contributed by atoms with Gasteiger partial charge in [-0.15, -0.1) is 0 Å². The molecule has 108 valence electrons. The van der Waals surface area contributed by atoms with E-state index in [2.05, 4.69) is 0 Å². The largest absolute Gasteiger partial charge is 0.366 e. The summed E-state index contributed by atoms with van der Waals surface area (Å²) in [5.41, 5.74) is 9.11. The van der Waals surface area contributed by atoms with Gasteiger partial charge < -0.3 is 5.73 Å². The van der Waals surface area contributed by atoms with Gasteiger partial charge in [0, 0.05) is 16.7 Å². The SMILES string of the molecule is Cc1cc(-c2ccccc2C(N)=O)c(C)c([N+](=O)[O-])c1C. The minimum absolute atomic E-state index is 0.0873. The lowest BCUT2D eigenvalue weighted by Gasteiger charge is -2.13. The fourth-order valence-electron chi connectivity index (χ4n) is 2.52. The minimum Gasteiger partial charge on any atom is -0.366 e. The van der Waals surface area contributed by atoms with Gasteiger partial charge in [-0.25, -0.2) is 0 Å². The highest BCUT2D eigenvalue weighted by Gasteiger charge is 2.22. The van der Waals surface area contributed by atoms with Gasteiger partial charge >= 0.3 is 0 Å². The second-order valence-electron chi connectivity index (χ2n) is 5.01. The quantitative estimate of drug-likeness (QED) is 0.693. The molecule has 5 heteroatoms. The third kappa shape index (κ3) is 2.50. The van der Waals surface area contributed by atoms with Crippen molar-refractivity contribution in [2.45, 2.75) is 20.8 Å². The van der Waals surface area contributed by atoms with E-state index in [0.29, 0.717) is 27.8 Å². The van der Waals surface area contributed by atoms with Gasteiger partial charge in [-0.3, -0.25) is 14.9 Å². The lowest BCUT2D eigenvalue weighted by atomic mass is 9.91. The second kappa shape index (κ2) is 5.36. The summed E-state index contributed by atoms with van der Waals surface area (Å²) in [7, 11) is 0. The summed E-state index contributed by atoms with van der Waals surface area (Å²) < 4.78 is 0. The Morgan fingerprint density at radius 1 is 1.10 bits per heavy atom. The maximum Gasteiger partial charge on any atom is 0.276 e. The Balaban J connectivity index is 2.83. The zero-order valence-electron chi connectivity index (χ0n) is 12.1. The van der Waals surface area contributed by atoms with Crippen molar-refractivity contribution in [3.63, 3.8) is 0 Å². The number of nitrogens with two attached hydrogens (primary N) is 1. The molecule has 1 amide bonds. The molecule has 0 saturated carbocycles. The molecule has 0 aliphatic carbocycles. The van der Waals surface area contributed by atoms with E-state index in [1.54, 1.807) is 38.1 Å². The third-order valence-corrected chi connectivity index (χ3v) is 3.73. The Kier molecular flexibility index (Phi) is 3.76. The molecule has 2 rings (SSSR count). The summed E-state index contributed by atoms with van der Waals surface area (Å²) in [6, 6.07) is 8.73. The van der Waals surface area contributed by atoms with E-state index >= 15 is 0 Å². The summed E-state index contributed by atoms with van der Waals surface area (Å²) in [4.78, 5) is 22.5. The van der Waals surface area contributed by atoms with Crippen LogP contribution in [-0.4, -0.2) is 10.8 Å². The molecule has 0 unspecified atom stereocenters. The topological polar surface area (TPSA) is 86.2 Å². The molecule has 2 N–H and O–H groups in total. The highest BCUT2D eigenvalue weighted by atomic mass is 16.6. The number of carbonyl (C=O) groups excluding carboxylic acids is 1. The van der Waals surface area contributed by atoms with Crippen LogP contribution in [0, 0.1) is 30.9 Å². The molecule has 0 heterocycles. The number of hydrogen-bond acceptors (Lipinski definition) is 3. The van der Waals surface area contributed by atoms with Crippen LogP contribution in [0.25, 0.3) is 11.1 Å². The summed E-state index contributed by atoms with van der Waals surface area (Å²) in [6.07, 6.45) is 0. The van der Waals surface area contributed by atoms with Crippen LogP contribution in [0.5, 0.6) is 0 Å². The van der Waals surface area contributed by atoms with E-state index in [9.17, 15) is 14.9 Å². The molecule has 0 aliphatic heterocycles. The van der Waals surface area contributed by atoms with Gasteiger partial charge in [0.05, 0.1) is 4.92 Å². The highest BCUT2D eigenvalue weighted by molar-refractivity contribution is 6.00. The number of carbonyl (C=O) groups is 1. The van der Waals surface area contributed by atoms with Crippen molar-refractivity contribution in [2.75, 3.05) is 0 Å². The lowest BCUT2D eigenvalue weighted by molar-refractivity contribution is -0.386. The number of hydrogen-bond donors (Lipinski definition) is 1. The van der Waals surface area contributed by atoms with Gasteiger partial charge in [-0.1, -0.05) is 24.3 Å². The van der Waals surface area contributed by atoms with E-state index in [-0.39, 0.29) is 10.6 Å². The summed E-state index contributed by atoms with van der Waals surface area (Å²) in [5, 5.41) is 11.3. The lowest BCUT2D eigenvalue weighted by Crippen LogP contribution is -2.12. The first-order valence-corrected chi connectivity index (χ1v) is 6.49. The van der Waals surface area contributed by atoms with Crippen molar-refractivity contribution in [1.29, 1.82) is 0 Å². The average Bonchev–Trinajstić information content (AvgIpc) is 2.42. The van der Waals surface area contributed by atoms with Crippen molar-refractivity contribution in [2.24, 2.45) is 5.73 Å². The molecule has 2 aromatic carbocycles. The predicted molar refractivity (Wildman–Crippen MR) is 81.3 cm³/mol. The summed E-state index contributed by atoms with van der Waals surface area (Å²) in [5.74, 6) is -0.550. The zero-order valence-corrected chi connectivity index (χ0v) is 12.1. The molecule has 0 fully saturated rings. The van der Waals surface area contributed by atoms with Crippen LogP contribution < -0.4 is 5.73 Å². The van der Waals surface area contributed by atoms with Gasteiger partial charge in [0.15, 0.2) is 0 Å². The Hall–Kier alpha value is -2.69. The van der Waals surface area contributed by atoms with Gasteiger partial charge in [-0.05, 0) is 43.5 Å². The van der Waals surface area contributed by atoms with Gasteiger partial charge in [0.1, 0.15) is 0 Å². The number of nitrogens with zero attached hydrogens (tertiary/aromatic N) is 1. The fourth-order valence-corrected chi connectivity index (χ4v) is 2.52. The maximum absolute atomic E-state index is 11.6. The van der Waals surface area contributed by atoms with E-state index in [4.69, 9.17) is 5.73 Å². The average molecular weight is 284 g/mol. The number of aryl methyl sites for hydroxylation is 1. The number of nitro benzene ring substituents is 1. The Bertz CT molecular complexity index is 751. The second-order valence-corrected chi connectivity index (χ2v) is 5.01. The predicted octanol–water partition coefficient (Wildman–Crippen LogP) is 3.29. The fraction of sp³-hybridized carbons (Fsp3) is 0.188. The van der Waals surface area contributed by atoms with E-state index in [1.165, 1.54) is 0 Å². The van der Waals surface area contributed by atoms with Crippen molar-refractivity contribution >= 4 is 11.6 Å². The van der Waals surface area contributed by atoms with E-state index in [1.807, 2.05) is 13.0 Å². The van der Waals surface area contributed by atoms with Crippen LogP contribution in [0.15, 0.2) is 30.3 Å². The van der Waals surface area contributed by atoms with Crippen LogP contribution in [0.3, 0.4) is 0 Å². The van der Waals surface area contributed by atoms with Crippen LogP contribution >= 0.6 is 0 Å². The monoisotopic (exact) mass is 284 g/mol. The number of rotatable bonds is 3. The standard InChI is InChI=1S/C16H16N2O3/c1-9-8-14(11(3)15(10(9)2)18(20)21)12-6-4-5-7-13(12)16(17)19/h4-8H,1-3H3,(H2,17,19). The molecule has 0 aliphatic rings. The Morgan fingerprint density at radius 2 is 1.71 bits per heavy atom. The summed E-state index contributed by atoms with van der Waals surface area (Å²) >= 11 is 0. The van der Waals surface area contributed by atoms with Crippen LogP contribution in [0.1, 0.15) is 27.0 Å². The van der Waals surface area contributed by atoms with Crippen molar-refractivity contribution in [3.05, 3.63) is 62.7 Å². The third-order valence-electron chi connectivity index (χ3n) is 3.73. The van der Waals surface area contributed by atoms with E-state index in [0.717, 1.165) is 5.56 Å².